The third-order valence-corrected chi connectivity index (χ3v) is 6.16. The van der Waals surface area contributed by atoms with Gasteiger partial charge in [0.05, 0.1) is 12.0 Å². The van der Waals surface area contributed by atoms with Crippen molar-refractivity contribution in [1.29, 1.82) is 0 Å². The quantitative estimate of drug-likeness (QED) is 0.872. The van der Waals surface area contributed by atoms with E-state index >= 15 is 0 Å². The number of ether oxygens (including phenoxy) is 1. The van der Waals surface area contributed by atoms with Gasteiger partial charge in [-0.15, -0.1) is 0 Å². The molecule has 1 N–H and O–H groups in total. The van der Waals surface area contributed by atoms with Crippen LogP contribution < -0.4 is 14.4 Å². The number of rotatable bonds is 5. The lowest BCUT2D eigenvalue weighted by Gasteiger charge is -2.18. The maximum atomic E-state index is 12.7. The molecular formula is C19H22N2O4S. The first-order valence-electron chi connectivity index (χ1n) is 8.37. The predicted octanol–water partition coefficient (Wildman–Crippen LogP) is 2.40. The van der Waals surface area contributed by atoms with E-state index < -0.39 is 16.1 Å². The molecule has 1 aliphatic heterocycles. The average Bonchev–Trinajstić information content (AvgIpc) is 2.97. The molecular weight excluding hydrogens is 352 g/mol. The van der Waals surface area contributed by atoms with Crippen molar-refractivity contribution < 1.29 is 17.9 Å². The van der Waals surface area contributed by atoms with E-state index in [9.17, 15) is 13.2 Å². The van der Waals surface area contributed by atoms with Crippen molar-refractivity contribution in [2.45, 2.75) is 31.2 Å². The minimum absolute atomic E-state index is 0.107. The maximum Gasteiger partial charge on any atom is 0.245 e. The van der Waals surface area contributed by atoms with E-state index in [1.54, 1.807) is 17.0 Å². The molecule has 0 aromatic heterocycles. The zero-order valence-corrected chi connectivity index (χ0v) is 15.8. The van der Waals surface area contributed by atoms with Crippen molar-refractivity contribution in [3.05, 3.63) is 53.6 Å². The summed E-state index contributed by atoms with van der Waals surface area (Å²) in [7, 11) is -2.26. The van der Waals surface area contributed by atoms with E-state index in [0.29, 0.717) is 18.7 Å². The van der Waals surface area contributed by atoms with Gasteiger partial charge in [-0.05, 0) is 67.8 Å². The Balaban J connectivity index is 1.76. The Morgan fingerprint density at radius 1 is 1.08 bits per heavy atom. The van der Waals surface area contributed by atoms with E-state index in [2.05, 4.69) is 4.72 Å². The number of carbonyl (C=O) groups excluding carboxylic acids is 1. The van der Waals surface area contributed by atoms with Crippen LogP contribution in [0, 0.1) is 13.8 Å². The van der Waals surface area contributed by atoms with Crippen molar-refractivity contribution in [3.8, 4) is 5.75 Å². The molecule has 0 saturated carbocycles. The van der Waals surface area contributed by atoms with Gasteiger partial charge >= 0.3 is 0 Å². The highest BCUT2D eigenvalue weighted by molar-refractivity contribution is 7.89. The summed E-state index contributed by atoms with van der Waals surface area (Å²) in [5, 5.41) is 0. The van der Waals surface area contributed by atoms with Crippen molar-refractivity contribution in [1.82, 2.24) is 4.72 Å². The second kappa shape index (κ2) is 7.09. The summed E-state index contributed by atoms with van der Waals surface area (Å²) in [5.41, 5.74) is 3.04. The molecule has 1 aliphatic rings. The van der Waals surface area contributed by atoms with Crippen molar-refractivity contribution >= 4 is 21.6 Å². The van der Waals surface area contributed by atoms with Crippen LogP contribution >= 0.6 is 0 Å². The fourth-order valence-electron chi connectivity index (χ4n) is 2.95. The second-order valence-electron chi connectivity index (χ2n) is 6.40. The number of aryl methyl sites for hydroxylation is 2. The van der Waals surface area contributed by atoms with Crippen LogP contribution in [0.15, 0.2) is 47.4 Å². The maximum absolute atomic E-state index is 12.7. The van der Waals surface area contributed by atoms with E-state index in [1.165, 1.54) is 19.2 Å². The fourth-order valence-corrected chi connectivity index (χ4v) is 4.17. The van der Waals surface area contributed by atoms with E-state index in [4.69, 9.17) is 4.74 Å². The van der Waals surface area contributed by atoms with E-state index in [1.807, 2.05) is 32.0 Å². The summed E-state index contributed by atoms with van der Waals surface area (Å²) >= 11 is 0. The number of hydrogen-bond acceptors (Lipinski definition) is 4. The normalized spacial score (nSPS) is 17.6. The smallest absolute Gasteiger partial charge is 0.245 e. The molecule has 138 valence electrons. The molecule has 0 radical (unpaired) electrons. The molecule has 6 nitrogen and oxygen atoms in total. The van der Waals surface area contributed by atoms with Crippen molar-refractivity contribution in [3.63, 3.8) is 0 Å². The van der Waals surface area contributed by atoms with Gasteiger partial charge in [-0.2, -0.15) is 4.72 Å². The van der Waals surface area contributed by atoms with Crippen molar-refractivity contribution in [2.75, 3.05) is 18.6 Å². The van der Waals surface area contributed by atoms with Crippen LogP contribution in [0.25, 0.3) is 0 Å². The minimum atomic E-state index is -3.78. The number of benzene rings is 2. The predicted molar refractivity (Wildman–Crippen MR) is 100.0 cm³/mol. The molecule has 1 fully saturated rings. The highest BCUT2D eigenvalue weighted by atomic mass is 32.2. The Morgan fingerprint density at radius 2 is 1.77 bits per heavy atom. The summed E-state index contributed by atoms with van der Waals surface area (Å²) in [4.78, 5) is 14.4. The number of sulfonamides is 1. The Bertz CT molecular complexity index is 923. The van der Waals surface area contributed by atoms with Gasteiger partial charge in [-0.3, -0.25) is 4.79 Å². The van der Waals surface area contributed by atoms with Crippen LogP contribution in [0.5, 0.6) is 5.75 Å². The molecule has 1 heterocycles. The molecule has 7 heteroatoms. The third-order valence-electron chi connectivity index (χ3n) is 4.67. The SMILES string of the molecule is COc1ccc(S(=O)(=O)N[C@@H]2CCN(c3ccc(C)c(C)c3)C2=O)cc1. The van der Waals surface area contributed by atoms with Gasteiger partial charge < -0.3 is 9.64 Å². The highest BCUT2D eigenvalue weighted by Gasteiger charge is 2.35. The Kier molecular flexibility index (Phi) is 5.02. The van der Waals surface area contributed by atoms with Gasteiger partial charge in [0.25, 0.3) is 0 Å². The number of amides is 1. The van der Waals surface area contributed by atoms with Gasteiger partial charge in [0.15, 0.2) is 0 Å². The molecule has 0 aliphatic carbocycles. The Morgan fingerprint density at radius 3 is 2.38 bits per heavy atom. The summed E-state index contributed by atoms with van der Waals surface area (Å²) < 4.78 is 32.7. The van der Waals surface area contributed by atoms with E-state index in [0.717, 1.165) is 16.8 Å². The lowest BCUT2D eigenvalue weighted by Crippen LogP contribution is -2.41. The monoisotopic (exact) mass is 374 g/mol. The van der Waals surface area contributed by atoms with Crippen LogP contribution in [0.3, 0.4) is 0 Å². The third kappa shape index (κ3) is 3.59. The highest BCUT2D eigenvalue weighted by Crippen LogP contribution is 2.25. The number of methoxy groups -OCH3 is 1. The van der Waals surface area contributed by atoms with Crippen LogP contribution in [-0.2, 0) is 14.8 Å². The van der Waals surface area contributed by atoms with Crippen LogP contribution in [-0.4, -0.2) is 34.0 Å². The molecule has 3 rings (SSSR count). The number of hydrogen-bond donors (Lipinski definition) is 1. The molecule has 0 bridgehead atoms. The minimum Gasteiger partial charge on any atom is -0.497 e. The Labute approximate surface area is 153 Å². The summed E-state index contributed by atoms with van der Waals surface area (Å²) in [6.45, 7) is 4.48. The topological polar surface area (TPSA) is 75.7 Å². The van der Waals surface area contributed by atoms with Crippen LogP contribution in [0.2, 0.25) is 0 Å². The fraction of sp³-hybridized carbons (Fsp3) is 0.316. The molecule has 0 unspecified atom stereocenters. The van der Waals surface area contributed by atoms with Gasteiger partial charge in [0.1, 0.15) is 11.8 Å². The molecule has 1 saturated heterocycles. The average molecular weight is 374 g/mol. The second-order valence-corrected chi connectivity index (χ2v) is 8.11. The van der Waals surface area contributed by atoms with Crippen LogP contribution in [0.4, 0.5) is 5.69 Å². The first kappa shape index (κ1) is 18.4. The van der Waals surface area contributed by atoms with Gasteiger partial charge in [0, 0.05) is 12.2 Å². The lowest BCUT2D eigenvalue weighted by molar-refractivity contribution is -0.118. The summed E-state index contributed by atoms with van der Waals surface area (Å²) in [6.07, 6.45) is 0.432. The van der Waals surface area contributed by atoms with Gasteiger partial charge in [0.2, 0.25) is 15.9 Å². The number of nitrogens with one attached hydrogen (secondary N) is 1. The number of anilines is 1. The zero-order valence-electron chi connectivity index (χ0n) is 15.0. The molecule has 2 aromatic carbocycles. The molecule has 0 spiro atoms. The molecule has 1 atom stereocenters. The largest absolute Gasteiger partial charge is 0.497 e. The van der Waals surface area contributed by atoms with E-state index in [-0.39, 0.29) is 10.8 Å². The molecule has 1 amide bonds. The summed E-state index contributed by atoms with van der Waals surface area (Å²) in [5.74, 6) is 0.340. The number of carbonyl (C=O) groups is 1. The Hall–Kier alpha value is -2.38. The number of nitrogens with zero attached hydrogens (tertiary/aromatic N) is 1. The standard InChI is InChI=1S/C19H22N2O4S/c1-13-4-5-15(12-14(13)2)21-11-10-18(19(21)22)20-26(23,24)17-8-6-16(25-3)7-9-17/h4-9,12,18,20H,10-11H2,1-3H3/t18-/m1/s1. The van der Waals surface area contributed by atoms with Gasteiger partial charge in [-0.1, -0.05) is 6.07 Å². The summed E-state index contributed by atoms with van der Waals surface area (Å²) in [6, 6.07) is 11.1. The lowest BCUT2D eigenvalue weighted by atomic mass is 10.1. The van der Waals surface area contributed by atoms with Crippen LogP contribution in [0.1, 0.15) is 17.5 Å². The first-order valence-corrected chi connectivity index (χ1v) is 9.85. The molecule has 2 aromatic rings. The van der Waals surface area contributed by atoms with Crippen molar-refractivity contribution in [2.24, 2.45) is 0 Å². The molecule has 26 heavy (non-hydrogen) atoms. The first-order chi connectivity index (χ1) is 12.3. The zero-order chi connectivity index (χ0) is 18.9. The van der Waals surface area contributed by atoms with Gasteiger partial charge in [-0.25, -0.2) is 8.42 Å².